The van der Waals surface area contributed by atoms with Gasteiger partial charge >= 0.3 is 0 Å². The number of sulfonamides is 2. The lowest BCUT2D eigenvalue weighted by Gasteiger charge is -2.26. The van der Waals surface area contributed by atoms with Crippen LogP contribution in [-0.4, -0.2) is 39.8 Å². The maximum absolute atomic E-state index is 14.8. The molecule has 0 atom stereocenters. The fourth-order valence-corrected chi connectivity index (χ4v) is 9.16. The molecule has 0 aliphatic heterocycles. The van der Waals surface area contributed by atoms with Crippen LogP contribution in [0.2, 0.25) is 0 Å². The van der Waals surface area contributed by atoms with Crippen LogP contribution in [0.25, 0.3) is 11.1 Å². The molecular weight excluding hydrogens is 683 g/mol. The number of anilines is 1. The summed E-state index contributed by atoms with van der Waals surface area (Å²) >= 11 is 0. The van der Waals surface area contributed by atoms with E-state index in [9.17, 15) is 16.8 Å². The number of hydrogen-bond donors (Lipinski definition) is 0. The van der Waals surface area contributed by atoms with Gasteiger partial charge in [-0.1, -0.05) is 121 Å². The van der Waals surface area contributed by atoms with Crippen molar-refractivity contribution in [3.8, 4) is 22.8 Å². The number of nitrogens with zero attached hydrogens (tertiary/aromatic N) is 3. The van der Waals surface area contributed by atoms with Crippen LogP contribution in [0, 0.1) is 6.92 Å². The summed E-state index contributed by atoms with van der Waals surface area (Å²) in [5.74, 6) is 0.534. The first kappa shape index (κ1) is 39.2. The maximum Gasteiger partial charge on any atom is 0.279 e. The molecule has 0 fully saturated rings. The van der Waals surface area contributed by atoms with Crippen molar-refractivity contribution in [2.45, 2.75) is 76.5 Å². The van der Waals surface area contributed by atoms with Crippen molar-refractivity contribution in [1.29, 1.82) is 0 Å². The Balaban J connectivity index is 0.00000583. The number of ether oxygens (including phenoxy) is 2. The molecule has 272 valence electrons. The standard InChI is InChI=1S/C39H45N3O6S2.CH4/c1-28-14-16-29(17-15-28)35-36(48-27-26-47-32-12-10-9-11-13-32)40-41(8)37(35)42(49(43,44)33-22-18-30(19-23-33)38(2,3)4)50(45,46)34-24-20-31(21-25-34)39(5,6)7;/h9-25H,26-27H2,1-8H3;1H4. The van der Waals surface area contributed by atoms with Gasteiger partial charge in [0.15, 0.2) is 5.82 Å². The molecule has 5 aromatic rings. The van der Waals surface area contributed by atoms with Crippen molar-refractivity contribution in [3.05, 3.63) is 120 Å². The van der Waals surface area contributed by atoms with Crippen molar-refractivity contribution in [1.82, 2.24) is 9.78 Å². The first-order valence-electron chi connectivity index (χ1n) is 16.4. The van der Waals surface area contributed by atoms with Gasteiger partial charge in [0.1, 0.15) is 19.0 Å². The van der Waals surface area contributed by atoms with Gasteiger partial charge in [-0.2, -0.15) is 16.8 Å². The van der Waals surface area contributed by atoms with Crippen LogP contribution in [0.5, 0.6) is 11.6 Å². The maximum atomic E-state index is 14.8. The summed E-state index contributed by atoms with van der Waals surface area (Å²) < 4.78 is 72.9. The number of hydrogen-bond acceptors (Lipinski definition) is 7. The fourth-order valence-electron chi connectivity index (χ4n) is 5.39. The number of aromatic nitrogens is 2. The Morgan fingerprint density at radius 1 is 0.647 bits per heavy atom. The minimum Gasteiger partial charge on any atom is -0.490 e. The normalized spacial score (nSPS) is 12.2. The van der Waals surface area contributed by atoms with E-state index >= 15 is 0 Å². The fraction of sp³-hybridized carbons (Fsp3) is 0.325. The molecule has 51 heavy (non-hydrogen) atoms. The van der Waals surface area contributed by atoms with Crippen LogP contribution in [0.3, 0.4) is 0 Å². The van der Waals surface area contributed by atoms with E-state index in [-0.39, 0.29) is 58.5 Å². The third-order valence-corrected chi connectivity index (χ3v) is 12.4. The molecule has 0 spiro atoms. The van der Waals surface area contributed by atoms with Crippen molar-refractivity contribution in [2.75, 3.05) is 16.9 Å². The van der Waals surface area contributed by atoms with Gasteiger partial charge < -0.3 is 9.47 Å². The summed E-state index contributed by atoms with van der Waals surface area (Å²) in [5.41, 5.74) is 3.00. The van der Waals surface area contributed by atoms with Crippen molar-refractivity contribution < 1.29 is 26.3 Å². The quantitative estimate of drug-likeness (QED) is 0.125. The largest absolute Gasteiger partial charge is 0.490 e. The van der Waals surface area contributed by atoms with Crippen LogP contribution in [0.1, 0.15) is 65.7 Å². The number of aryl methyl sites for hydroxylation is 2. The number of para-hydroxylation sites is 1. The van der Waals surface area contributed by atoms with Crippen LogP contribution in [-0.2, 0) is 37.9 Å². The molecular formula is C40H49N3O6S2. The third-order valence-electron chi connectivity index (χ3n) is 8.31. The van der Waals surface area contributed by atoms with E-state index < -0.39 is 20.0 Å². The highest BCUT2D eigenvalue weighted by molar-refractivity contribution is 8.10. The Bertz CT molecular complexity index is 2060. The van der Waals surface area contributed by atoms with Crippen molar-refractivity contribution >= 4 is 25.9 Å². The third kappa shape index (κ3) is 8.48. The second-order valence-electron chi connectivity index (χ2n) is 14.3. The van der Waals surface area contributed by atoms with Gasteiger partial charge in [-0.25, -0.2) is 4.68 Å². The lowest BCUT2D eigenvalue weighted by Crippen LogP contribution is -2.38. The van der Waals surface area contributed by atoms with E-state index in [0.717, 1.165) is 16.7 Å². The summed E-state index contributed by atoms with van der Waals surface area (Å²) in [5, 5.41) is 4.55. The van der Waals surface area contributed by atoms with E-state index in [2.05, 4.69) is 5.10 Å². The monoisotopic (exact) mass is 731 g/mol. The van der Waals surface area contributed by atoms with Crippen LogP contribution >= 0.6 is 0 Å². The van der Waals surface area contributed by atoms with E-state index in [4.69, 9.17) is 9.47 Å². The summed E-state index contributed by atoms with van der Waals surface area (Å²) in [7, 11) is -8.03. The molecule has 0 bridgehead atoms. The molecule has 0 saturated heterocycles. The lowest BCUT2D eigenvalue weighted by molar-refractivity contribution is 0.211. The van der Waals surface area contributed by atoms with Gasteiger partial charge in [-0.3, -0.25) is 0 Å². The van der Waals surface area contributed by atoms with Crippen molar-refractivity contribution in [2.24, 2.45) is 7.05 Å². The van der Waals surface area contributed by atoms with Crippen LogP contribution in [0.4, 0.5) is 5.82 Å². The first-order chi connectivity index (χ1) is 23.4. The predicted octanol–water partition coefficient (Wildman–Crippen LogP) is 8.67. The molecule has 0 amide bonds. The van der Waals surface area contributed by atoms with Crippen LogP contribution < -0.4 is 13.2 Å². The molecule has 1 aromatic heterocycles. The molecule has 0 aliphatic rings. The molecule has 4 aromatic carbocycles. The highest BCUT2D eigenvalue weighted by Gasteiger charge is 2.42. The molecule has 0 unspecified atom stereocenters. The minimum atomic E-state index is -4.77. The zero-order valence-electron chi connectivity index (χ0n) is 29.8. The van der Waals surface area contributed by atoms with E-state index in [1.54, 1.807) is 36.4 Å². The van der Waals surface area contributed by atoms with Crippen molar-refractivity contribution in [3.63, 3.8) is 0 Å². The molecule has 0 N–H and O–H groups in total. The second kappa shape index (κ2) is 14.9. The Morgan fingerprint density at radius 3 is 1.55 bits per heavy atom. The molecule has 11 heteroatoms. The van der Waals surface area contributed by atoms with Gasteiger partial charge in [0.2, 0.25) is 5.88 Å². The lowest BCUT2D eigenvalue weighted by atomic mass is 9.87. The Hall–Kier alpha value is -4.61. The minimum absolute atomic E-state index is 0. The molecule has 0 radical (unpaired) electrons. The zero-order chi connectivity index (χ0) is 36.5. The Kier molecular flexibility index (Phi) is 11.5. The highest BCUT2D eigenvalue weighted by atomic mass is 32.3. The second-order valence-corrected chi connectivity index (χ2v) is 18.1. The van der Waals surface area contributed by atoms with Gasteiger partial charge in [0.05, 0.1) is 15.4 Å². The first-order valence-corrected chi connectivity index (χ1v) is 19.2. The Morgan fingerprint density at radius 2 is 1.10 bits per heavy atom. The van der Waals surface area contributed by atoms with E-state index in [1.165, 1.54) is 36.0 Å². The summed E-state index contributed by atoms with van der Waals surface area (Å²) in [4.78, 5) is -0.370. The summed E-state index contributed by atoms with van der Waals surface area (Å²) in [6, 6.07) is 29.2. The average molecular weight is 732 g/mol. The molecule has 5 rings (SSSR count). The molecule has 9 nitrogen and oxygen atoms in total. The SMILES string of the molecule is C.Cc1ccc(-c2c(OCCOc3ccccc3)nn(C)c2N(S(=O)(=O)c2ccc(C(C)(C)C)cc2)S(=O)(=O)c2ccc(C(C)(C)C)cc2)cc1. The van der Waals surface area contributed by atoms with Gasteiger partial charge in [0, 0.05) is 7.05 Å². The number of rotatable bonds is 11. The smallest absolute Gasteiger partial charge is 0.279 e. The summed E-state index contributed by atoms with van der Waals surface area (Å²) in [6.45, 7) is 14.3. The van der Waals surface area contributed by atoms with E-state index in [1.807, 2.05) is 90.9 Å². The average Bonchev–Trinajstić information content (AvgIpc) is 3.37. The molecule has 0 saturated carbocycles. The highest BCUT2D eigenvalue weighted by Crippen LogP contribution is 2.43. The van der Waals surface area contributed by atoms with E-state index in [0.29, 0.717) is 15.0 Å². The number of benzene rings is 4. The van der Waals surface area contributed by atoms with Crippen LogP contribution in [0.15, 0.2) is 113 Å². The molecule has 1 heterocycles. The summed E-state index contributed by atoms with van der Waals surface area (Å²) in [6.07, 6.45) is 0. The van der Waals surface area contributed by atoms with Gasteiger partial charge in [-0.05, 0) is 70.8 Å². The predicted molar refractivity (Wildman–Crippen MR) is 205 cm³/mol. The zero-order valence-corrected chi connectivity index (χ0v) is 31.5. The Labute approximate surface area is 304 Å². The van der Waals surface area contributed by atoms with Gasteiger partial charge in [0.25, 0.3) is 20.0 Å². The molecule has 0 aliphatic carbocycles. The van der Waals surface area contributed by atoms with Gasteiger partial charge in [-0.15, -0.1) is 8.81 Å². The topological polar surface area (TPSA) is 108 Å².